The Balaban J connectivity index is 1.45. The van der Waals surface area contributed by atoms with Crippen LogP contribution in [0.4, 0.5) is 16.2 Å². The number of carbonyl (C=O) groups is 2. The van der Waals surface area contributed by atoms with Crippen molar-refractivity contribution in [2.24, 2.45) is 5.92 Å². The highest BCUT2D eigenvalue weighted by atomic mass is 16.5. The zero-order valence-electron chi connectivity index (χ0n) is 19.4. The summed E-state index contributed by atoms with van der Waals surface area (Å²) in [5.74, 6) is 1.12. The topological polar surface area (TPSA) is 100 Å². The quantitative estimate of drug-likeness (QED) is 0.573. The van der Waals surface area contributed by atoms with Crippen molar-refractivity contribution in [2.45, 2.75) is 40.0 Å². The number of anilines is 2. The van der Waals surface area contributed by atoms with Crippen molar-refractivity contribution in [3.8, 4) is 11.4 Å². The first-order chi connectivity index (χ1) is 15.8. The van der Waals surface area contributed by atoms with Gasteiger partial charge in [-0.05, 0) is 55.2 Å². The summed E-state index contributed by atoms with van der Waals surface area (Å²) in [5.41, 5.74) is 4.59. The monoisotopic (exact) mass is 447 g/mol. The molecule has 0 spiro atoms. The molecule has 1 fully saturated rings. The highest BCUT2D eigenvalue weighted by Gasteiger charge is 2.35. The smallest absolute Gasteiger partial charge is 0.319 e. The Labute approximate surface area is 193 Å². The Bertz CT molecular complexity index is 1170. The summed E-state index contributed by atoms with van der Waals surface area (Å²) in [7, 11) is 0. The second-order valence-electron chi connectivity index (χ2n) is 8.94. The predicted molar refractivity (Wildman–Crippen MR) is 127 cm³/mol. The molecule has 1 aliphatic heterocycles. The van der Waals surface area contributed by atoms with E-state index in [1.807, 2.05) is 51.1 Å². The van der Waals surface area contributed by atoms with Gasteiger partial charge >= 0.3 is 6.03 Å². The van der Waals surface area contributed by atoms with E-state index in [0.717, 1.165) is 16.8 Å². The fourth-order valence-corrected chi connectivity index (χ4v) is 3.74. The molecule has 8 heteroatoms. The minimum Gasteiger partial charge on any atom is -0.339 e. The molecule has 1 saturated heterocycles. The van der Waals surface area contributed by atoms with Gasteiger partial charge in [-0.15, -0.1) is 0 Å². The summed E-state index contributed by atoms with van der Waals surface area (Å²) in [5, 5.41) is 9.76. The average Bonchev–Trinajstić information content (AvgIpc) is 3.41. The van der Waals surface area contributed by atoms with Gasteiger partial charge in [-0.25, -0.2) is 4.79 Å². The number of nitrogens with one attached hydrogen (secondary N) is 2. The summed E-state index contributed by atoms with van der Waals surface area (Å²) < 4.78 is 5.52. The van der Waals surface area contributed by atoms with Gasteiger partial charge in [0.1, 0.15) is 0 Å². The van der Waals surface area contributed by atoms with Crippen LogP contribution in [0.1, 0.15) is 43.2 Å². The number of hydrogen-bond donors (Lipinski definition) is 2. The molecule has 0 aliphatic carbocycles. The Morgan fingerprint density at radius 2 is 2.00 bits per heavy atom. The molecular formula is C25H29N5O3. The van der Waals surface area contributed by atoms with E-state index in [1.165, 1.54) is 5.56 Å². The molecular weight excluding hydrogens is 418 g/mol. The van der Waals surface area contributed by atoms with Crippen LogP contribution in [0.25, 0.3) is 11.4 Å². The van der Waals surface area contributed by atoms with Crippen molar-refractivity contribution in [1.82, 2.24) is 15.5 Å². The van der Waals surface area contributed by atoms with Gasteiger partial charge in [-0.2, -0.15) is 4.98 Å². The lowest BCUT2D eigenvalue weighted by Gasteiger charge is -2.17. The number of carbonyl (C=O) groups excluding carboxylic acids is 2. The molecule has 172 valence electrons. The number of aromatic nitrogens is 2. The first kappa shape index (κ1) is 22.5. The average molecular weight is 448 g/mol. The van der Waals surface area contributed by atoms with Crippen molar-refractivity contribution >= 4 is 23.3 Å². The van der Waals surface area contributed by atoms with Gasteiger partial charge in [-0.3, -0.25) is 4.79 Å². The zero-order valence-corrected chi connectivity index (χ0v) is 19.4. The number of aryl methyl sites for hydroxylation is 2. The summed E-state index contributed by atoms with van der Waals surface area (Å²) in [6.07, 6.45) is 0.326. The number of rotatable bonds is 6. The van der Waals surface area contributed by atoms with Crippen LogP contribution in [0.3, 0.4) is 0 Å². The Morgan fingerprint density at radius 3 is 2.76 bits per heavy atom. The third kappa shape index (κ3) is 5.22. The molecule has 0 bridgehead atoms. The van der Waals surface area contributed by atoms with Gasteiger partial charge in [0.05, 0.1) is 5.92 Å². The number of hydrogen-bond acceptors (Lipinski definition) is 5. The van der Waals surface area contributed by atoms with Crippen LogP contribution in [0.15, 0.2) is 47.0 Å². The second kappa shape index (κ2) is 9.44. The molecule has 3 amide bonds. The largest absolute Gasteiger partial charge is 0.339 e. The number of nitrogens with zero attached hydrogens (tertiary/aromatic N) is 3. The van der Waals surface area contributed by atoms with Crippen LogP contribution in [0.5, 0.6) is 0 Å². The van der Waals surface area contributed by atoms with E-state index in [4.69, 9.17) is 4.52 Å². The van der Waals surface area contributed by atoms with E-state index in [2.05, 4.69) is 27.7 Å². The summed E-state index contributed by atoms with van der Waals surface area (Å²) in [6, 6.07) is 13.0. The van der Waals surface area contributed by atoms with Crippen LogP contribution in [-0.4, -0.2) is 35.2 Å². The van der Waals surface area contributed by atoms with Crippen LogP contribution in [0.2, 0.25) is 0 Å². The molecule has 1 aromatic heterocycles. The maximum Gasteiger partial charge on any atom is 0.319 e. The van der Waals surface area contributed by atoms with Gasteiger partial charge in [0, 0.05) is 36.4 Å². The van der Waals surface area contributed by atoms with Crippen LogP contribution in [-0.2, 0) is 4.79 Å². The standard InChI is InChI=1S/C25H29N5O3/c1-15(2)13-26-25(32)27-20-7-5-6-18(11-20)23-28-24(33-29-23)19-12-22(31)30(14-19)21-9-8-16(3)17(4)10-21/h5-11,15,19H,12-14H2,1-4H3,(H2,26,27,32)/t19-/m0/s1. The molecule has 33 heavy (non-hydrogen) atoms. The van der Waals surface area contributed by atoms with E-state index in [0.29, 0.717) is 42.8 Å². The predicted octanol–water partition coefficient (Wildman–Crippen LogP) is 4.65. The van der Waals surface area contributed by atoms with Crippen molar-refractivity contribution in [3.63, 3.8) is 0 Å². The van der Waals surface area contributed by atoms with Crippen LogP contribution in [0, 0.1) is 19.8 Å². The van der Waals surface area contributed by atoms with Gasteiger partial charge in [-0.1, -0.05) is 37.2 Å². The summed E-state index contributed by atoms with van der Waals surface area (Å²) in [6.45, 7) is 9.26. The molecule has 2 N–H and O–H groups in total. The molecule has 2 heterocycles. The fourth-order valence-electron chi connectivity index (χ4n) is 3.74. The van der Waals surface area contributed by atoms with E-state index >= 15 is 0 Å². The summed E-state index contributed by atoms with van der Waals surface area (Å²) in [4.78, 5) is 31.0. The molecule has 8 nitrogen and oxygen atoms in total. The Morgan fingerprint density at radius 1 is 1.18 bits per heavy atom. The SMILES string of the molecule is Cc1ccc(N2C[C@@H](c3nc(-c4cccc(NC(=O)NCC(C)C)c4)no3)CC2=O)cc1C. The van der Waals surface area contributed by atoms with Gasteiger partial charge in [0.15, 0.2) is 0 Å². The van der Waals surface area contributed by atoms with Crippen LogP contribution >= 0.6 is 0 Å². The third-order valence-corrected chi connectivity index (χ3v) is 5.77. The highest BCUT2D eigenvalue weighted by Crippen LogP contribution is 2.33. The molecule has 0 saturated carbocycles. The molecule has 0 unspecified atom stereocenters. The first-order valence-corrected chi connectivity index (χ1v) is 11.2. The van der Waals surface area contributed by atoms with E-state index in [-0.39, 0.29) is 17.9 Å². The highest BCUT2D eigenvalue weighted by molar-refractivity contribution is 5.96. The molecule has 1 atom stereocenters. The number of amides is 3. The van der Waals surface area contributed by atoms with Crippen LogP contribution < -0.4 is 15.5 Å². The molecule has 3 aromatic rings. The third-order valence-electron chi connectivity index (χ3n) is 5.77. The Hall–Kier alpha value is -3.68. The molecule has 1 aliphatic rings. The maximum absolute atomic E-state index is 12.7. The summed E-state index contributed by atoms with van der Waals surface area (Å²) >= 11 is 0. The Kier molecular flexibility index (Phi) is 6.44. The van der Waals surface area contributed by atoms with Crippen molar-refractivity contribution in [2.75, 3.05) is 23.3 Å². The van der Waals surface area contributed by atoms with Crippen molar-refractivity contribution in [3.05, 3.63) is 59.5 Å². The molecule has 2 aromatic carbocycles. The van der Waals surface area contributed by atoms with Gasteiger partial charge in [0.25, 0.3) is 0 Å². The van der Waals surface area contributed by atoms with Crippen molar-refractivity contribution < 1.29 is 14.1 Å². The van der Waals surface area contributed by atoms with E-state index in [1.54, 1.807) is 17.0 Å². The minimum absolute atomic E-state index is 0.0432. The second-order valence-corrected chi connectivity index (χ2v) is 8.94. The lowest BCUT2D eigenvalue weighted by atomic mass is 10.1. The van der Waals surface area contributed by atoms with E-state index in [9.17, 15) is 9.59 Å². The molecule has 4 rings (SSSR count). The van der Waals surface area contributed by atoms with E-state index < -0.39 is 0 Å². The zero-order chi connectivity index (χ0) is 23.5. The fraction of sp³-hybridized carbons (Fsp3) is 0.360. The first-order valence-electron chi connectivity index (χ1n) is 11.2. The van der Waals surface area contributed by atoms with Gasteiger partial charge < -0.3 is 20.1 Å². The number of benzene rings is 2. The minimum atomic E-state index is -0.259. The lowest BCUT2D eigenvalue weighted by molar-refractivity contribution is -0.117. The maximum atomic E-state index is 12.7. The van der Waals surface area contributed by atoms with Crippen molar-refractivity contribution in [1.29, 1.82) is 0 Å². The van der Waals surface area contributed by atoms with Gasteiger partial charge in [0.2, 0.25) is 17.6 Å². The lowest BCUT2D eigenvalue weighted by Crippen LogP contribution is -2.31. The number of urea groups is 1. The normalized spacial score (nSPS) is 15.8. The molecule has 0 radical (unpaired) electrons.